The van der Waals surface area contributed by atoms with E-state index in [1.54, 1.807) is 29.2 Å². The number of hydrogen-bond donors (Lipinski definition) is 1. The van der Waals surface area contributed by atoms with Gasteiger partial charge in [-0.05, 0) is 42.7 Å². The minimum atomic E-state index is -3.54. The van der Waals surface area contributed by atoms with Crippen LogP contribution in [0.4, 0.5) is 5.69 Å². The fourth-order valence-corrected chi connectivity index (χ4v) is 4.46. The van der Waals surface area contributed by atoms with E-state index < -0.39 is 10.0 Å². The number of nitrogens with zero attached hydrogens (tertiary/aromatic N) is 1. The van der Waals surface area contributed by atoms with E-state index in [1.165, 1.54) is 0 Å². The van der Waals surface area contributed by atoms with Crippen molar-refractivity contribution in [3.63, 3.8) is 0 Å². The largest absolute Gasteiger partial charge is 0.483 e. The third-order valence-corrected chi connectivity index (χ3v) is 5.90. The van der Waals surface area contributed by atoms with Crippen molar-refractivity contribution in [1.29, 1.82) is 0 Å². The number of benzene rings is 2. The molecular formula is C21H26N2O5S. The summed E-state index contributed by atoms with van der Waals surface area (Å²) in [5.41, 5.74) is 2.71. The van der Waals surface area contributed by atoms with Gasteiger partial charge in [-0.3, -0.25) is 9.52 Å². The molecule has 1 N–H and O–H groups in total. The Morgan fingerprint density at radius 1 is 1.10 bits per heavy atom. The number of nitrogens with one attached hydrogen (secondary N) is 1. The average Bonchev–Trinajstić information content (AvgIpc) is 2.68. The highest BCUT2D eigenvalue weighted by Gasteiger charge is 2.19. The van der Waals surface area contributed by atoms with Gasteiger partial charge in [0.1, 0.15) is 5.75 Å². The van der Waals surface area contributed by atoms with Crippen molar-refractivity contribution in [3.8, 4) is 5.75 Å². The van der Waals surface area contributed by atoms with Gasteiger partial charge in [-0.2, -0.15) is 0 Å². The summed E-state index contributed by atoms with van der Waals surface area (Å²) in [4.78, 5) is 14.0. The zero-order chi connectivity index (χ0) is 20.9. The molecule has 0 radical (unpaired) electrons. The van der Waals surface area contributed by atoms with E-state index in [0.717, 1.165) is 16.7 Å². The van der Waals surface area contributed by atoms with E-state index >= 15 is 0 Å². The van der Waals surface area contributed by atoms with Crippen LogP contribution in [-0.4, -0.2) is 52.1 Å². The topological polar surface area (TPSA) is 84.9 Å². The van der Waals surface area contributed by atoms with Crippen LogP contribution >= 0.6 is 0 Å². The molecule has 1 amide bonds. The summed E-state index contributed by atoms with van der Waals surface area (Å²) in [6.07, 6.45) is 0. The number of sulfonamides is 1. The Balaban J connectivity index is 1.64. The minimum absolute atomic E-state index is 0.0548. The van der Waals surface area contributed by atoms with Gasteiger partial charge in [-0.1, -0.05) is 30.3 Å². The second-order valence-corrected chi connectivity index (χ2v) is 8.79. The minimum Gasteiger partial charge on any atom is -0.483 e. The molecule has 0 spiro atoms. The molecule has 0 unspecified atom stereocenters. The molecule has 0 bridgehead atoms. The molecule has 29 heavy (non-hydrogen) atoms. The fraction of sp³-hybridized carbons (Fsp3) is 0.381. The Morgan fingerprint density at radius 3 is 2.34 bits per heavy atom. The lowest BCUT2D eigenvalue weighted by atomic mass is 10.1. The molecule has 0 atom stereocenters. The molecule has 3 rings (SSSR count). The number of anilines is 1. The standard InChI is InChI=1S/C21H26N2O5S/c1-16-12-19(22-29(25,26)15-18-6-4-3-5-7-18)13-17(2)21(16)28-14-20(24)23-8-10-27-11-9-23/h3-7,12-13,22H,8-11,14-15H2,1-2H3. The maximum atomic E-state index is 12.5. The molecule has 7 nitrogen and oxygen atoms in total. The van der Waals surface area contributed by atoms with Crippen LogP contribution < -0.4 is 9.46 Å². The van der Waals surface area contributed by atoms with E-state index in [4.69, 9.17) is 9.47 Å². The van der Waals surface area contributed by atoms with Gasteiger partial charge in [0.25, 0.3) is 5.91 Å². The molecule has 1 fully saturated rings. The molecule has 0 saturated carbocycles. The van der Waals surface area contributed by atoms with Crippen LogP contribution in [0.5, 0.6) is 5.75 Å². The van der Waals surface area contributed by atoms with Crippen LogP contribution in [0, 0.1) is 13.8 Å². The maximum Gasteiger partial charge on any atom is 0.260 e. The van der Waals surface area contributed by atoms with Gasteiger partial charge in [-0.25, -0.2) is 8.42 Å². The third-order valence-electron chi connectivity index (χ3n) is 4.64. The quantitative estimate of drug-likeness (QED) is 0.747. The van der Waals surface area contributed by atoms with Crippen LogP contribution in [0.2, 0.25) is 0 Å². The van der Waals surface area contributed by atoms with Crippen LogP contribution in [0.15, 0.2) is 42.5 Å². The number of ether oxygens (including phenoxy) is 2. The van der Waals surface area contributed by atoms with E-state index in [1.807, 2.05) is 32.0 Å². The number of aryl methyl sites for hydroxylation is 2. The molecule has 8 heteroatoms. The summed E-state index contributed by atoms with van der Waals surface area (Å²) < 4.78 is 38.6. The van der Waals surface area contributed by atoms with E-state index in [-0.39, 0.29) is 18.3 Å². The smallest absolute Gasteiger partial charge is 0.260 e. The van der Waals surface area contributed by atoms with Crippen molar-refractivity contribution in [2.45, 2.75) is 19.6 Å². The van der Waals surface area contributed by atoms with Gasteiger partial charge in [0.05, 0.1) is 19.0 Å². The van der Waals surface area contributed by atoms with Gasteiger partial charge in [-0.15, -0.1) is 0 Å². The molecule has 0 aromatic heterocycles. The van der Waals surface area contributed by atoms with Crippen LogP contribution in [-0.2, 0) is 25.3 Å². The Morgan fingerprint density at radius 2 is 1.72 bits per heavy atom. The summed E-state index contributed by atoms with van der Waals surface area (Å²) in [7, 11) is -3.54. The summed E-state index contributed by atoms with van der Waals surface area (Å²) in [6.45, 7) is 5.83. The number of hydrogen-bond acceptors (Lipinski definition) is 5. The zero-order valence-electron chi connectivity index (χ0n) is 16.7. The number of amides is 1. The lowest BCUT2D eigenvalue weighted by Crippen LogP contribution is -2.43. The highest BCUT2D eigenvalue weighted by atomic mass is 32.2. The van der Waals surface area contributed by atoms with E-state index in [2.05, 4.69) is 4.72 Å². The first-order chi connectivity index (χ1) is 13.8. The number of rotatable bonds is 7. The normalized spacial score (nSPS) is 14.5. The zero-order valence-corrected chi connectivity index (χ0v) is 17.5. The first kappa shape index (κ1) is 21.1. The Hall–Kier alpha value is -2.58. The van der Waals surface area contributed by atoms with Crippen molar-refractivity contribution in [2.24, 2.45) is 0 Å². The van der Waals surface area contributed by atoms with Crippen LogP contribution in [0.3, 0.4) is 0 Å². The summed E-state index contributed by atoms with van der Waals surface area (Å²) in [5.74, 6) is 0.412. The van der Waals surface area contributed by atoms with Gasteiger partial charge in [0.2, 0.25) is 10.0 Å². The highest BCUT2D eigenvalue weighted by Crippen LogP contribution is 2.28. The molecular weight excluding hydrogens is 392 g/mol. The second kappa shape index (κ2) is 9.28. The molecule has 1 heterocycles. The molecule has 0 aliphatic carbocycles. The molecule has 156 valence electrons. The van der Waals surface area contributed by atoms with Crippen LogP contribution in [0.25, 0.3) is 0 Å². The van der Waals surface area contributed by atoms with E-state index in [0.29, 0.717) is 37.7 Å². The van der Waals surface area contributed by atoms with Crippen molar-refractivity contribution in [1.82, 2.24) is 4.90 Å². The van der Waals surface area contributed by atoms with Gasteiger partial charge in [0, 0.05) is 18.8 Å². The predicted molar refractivity (Wildman–Crippen MR) is 111 cm³/mol. The monoisotopic (exact) mass is 418 g/mol. The molecule has 1 saturated heterocycles. The summed E-state index contributed by atoms with van der Waals surface area (Å²) >= 11 is 0. The summed E-state index contributed by atoms with van der Waals surface area (Å²) in [5, 5.41) is 0. The number of carbonyl (C=O) groups is 1. The molecule has 2 aromatic rings. The SMILES string of the molecule is Cc1cc(NS(=O)(=O)Cc2ccccc2)cc(C)c1OCC(=O)N1CCOCC1. The average molecular weight is 419 g/mol. The van der Waals surface area contributed by atoms with Crippen molar-refractivity contribution < 1.29 is 22.7 Å². The predicted octanol–water partition coefficient (Wildman–Crippen LogP) is 2.48. The first-order valence-corrected chi connectivity index (χ1v) is 11.1. The Labute approximate surface area is 171 Å². The Bertz CT molecular complexity index is 931. The maximum absolute atomic E-state index is 12.5. The van der Waals surface area contributed by atoms with Gasteiger partial charge < -0.3 is 14.4 Å². The van der Waals surface area contributed by atoms with Crippen LogP contribution in [0.1, 0.15) is 16.7 Å². The molecule has 2 aromatic carbocycles. The van der Waals surface area contributed by atoms with E-state index in [9.17, 15) is 13.2 Å². The third kappa shape index (κ3) is 5.95. The Kier molecular flexibility index (Phi) is 6.76. The van der Waals surface area contributed by atoms with Crippen molar-refractivity contribution in [2.75, 3.05) is 37.6 Å². The number of morpholine rings is 1. The van der Waals surface area contributed by atoms with Crippen molar-refractivity contribution >= 4 is 21.6 Å². The van der Waals surface area contributed by atoms with Gasteiger partial charge >= 0.3 is 0 Å². The fourth-order valence-electron chi connectivity index (χ4n) is 3.28. The second-order valence-electron chi connectivity index (χ2n) is 7.07. The highest BCUT2D eigenvalue weighted by molar-refractivity contribution is 7.91. The first-order valence-electron chi connectivity index (χ1n) is 9.48. The molecule has 1 aliphatic heterocycles. The van der Waals surface area contributed by atoms with Crippen molar-refractivity contribution in [3.05, 3.63) is 59.2 Å². The lowest BCUT2D eigenvalue weighted by molar-refractivity contribution is -0.137. The molecule has 1 aliphatic rings. The summed E-state index contributed by atoms with van der Waals surface area (Å²) in [6, 6.07) is 12.4. The van der Waals surface area contributed by atoms with Gasteiger partial charge in [0.15, 0.2) is 6.61 Å². The number of carbonyl (C=O) groups excluding carboxylic acids is 1. The lowest BCUT2D eigenvalue weighted by Gasteiger charge is -2.27.